The monoisotopic (exact) mass is 356 g/mol. The van der Waals surface area contributed by atoms with Gasteiger partial charge in [-0.3, -0.25) is 4.79 Å². The number of carbonyl (C=O) groups excluding carboxylic acids is 1. The molecule has 0 radical (unpaired) electrons. The number of piperidine rings is 1. The van der Waals surface area contributed by atoms with Gasteiger partial charge in [0.2, 0.25) is 0 Å². The normalized spacial score (nSPS) is 26.1. The van der Waals surface area contributed by atoms with Gasteiger partial charge in [0.05, 0.1) is 18.3 Å². The number of hydrogen-bond donors (Lipinski definition) is 0. The summed E-state index contributed by atoms with van der Waals surface area (Å²) in [7, 11) is 2.00. The molecule has 2 saturated heterocycles. The Balaban J connectivity index is 1.62. The summed E-state index contributed by atoms with van der Waals surface area (Å²) in [5, 5.41) is 1.03. The smallest absolute Gasteiger partial charge is 0.256 e. The maximum atomic E-state index is 13.3. The second-order valence-corrected chi connectivity index (χ2v) is 7.65. The number of aryl methyl sites for hydroxylation is 1. The van der Waals surface area contributed by atoms with Gasteiger partial charge in [-0.15, -0.1) is 0 Å². The molecular formula is C21H28N2O3. The van der Waals surface area contributed by atoms with Crippen molar-refractivity contribution in [2.45, 2.75) is 32.3 Å². The van der Waals surface area contributed by atoms with Crippen molar-refractivity contribution in [2.24, 2.45) is 12.5 Å². The lowest BCUT2D eigenvalue weighted by atomic mass is 9.73. The van der Waals surface area contributed by atoms with Crippen LogP contribution in [0.15, 0.2) is 30.5 Å². The molecule has 2 aromatic rings. The van der Waals surface area contributed by atoms with Crippen LogP contribution in [0.25, 0.3) is 10.9 Å². The van der Waals surface area contributed by atoms with Crippen LogP contribution in [-0.4, -0.2) is 54.4 Å². The van der Waals surface area contributed by atoms with Gasteiger partial charge in [-0.25, -0.2) is 0 Å². The minimum atomic E-state index is -0.0627. The lowest BCUT2D eigenvalue weighted by Gasteiger charge is -2.50. The number of rotatable bonds is 4. The number of nitrogens with zero attached hydrogens (tertiary/aromatic N) is 2. The number of fused-ring (bicyclic) bond motifs is 2. The molecule has 2 aliphatic rings. The van der Waals surface area contributed by atoms with Crippen LogP contribution >= 0.6 is 0 Å². The van der Waals surface area contributed by atoms with E-state index < -0.39 is 0 Å². The number of ether oxygens (including phenoxy) is 2. The summed E-state index contributed by atoms with van der Waals surface area (Å²) < 4.78 is 13.9. The Kier molecular flexibility index (Phi) is 4.76. The van der Waals surface area contributed by atoms with Gasteiger partial charge >= 0.3 is 0 Å². The van der Waals surface area contributed by atoms with Crippen molar-refractivity contribution in [1.29, 1.82) is 0 Å². The fourth-order valence-electron chi connectivity index (χ4n) is 4.66. The highest BCUT2D eigenvalue weighted by molar-refractivity contribution is 6.07. The summed E-state index contributed by atoms with van der Waals surface area (Å²) in [6.07, 6.45) is 5.17. The molecule has 0 unspecified atom stereocenters. The summed E-state index contributed by atoms with van der Waals surface area (Å²) in [6.45, 7) is 5.70. The molecule has 26 heavy (non-hydrogen) atoms. The third-order valence-electron chi connectivity index (χ3n) is 6.00. The fourth-order valence-corrected chi connectivity index (χ4v) is 4.66. The molecule has 5 nitrogen and oxygen atoms in total. The van der Waals surface area contributed by atoms with E-state index in [0.29, 0.717) is 13.2 Å². The maximum Gasteiger partial charge on any atom is 0.256 e. The maximum absolute atomic E-state index is 13.3. The first-order valence-corrected chi connectivity index (χ1v) is 9.67. The molecule has 5 heteroatoms. The third kappa shape index (κ3) is 2.93. The summed E-state index contributed by atoms with van der Waals surface area (Å²) in [4.78, 5) is 15.4. The lowest BCUT2D eigenvalue weighted by Crippen LogP contribution is -2.58. The van der Waals surface area contributed by atoms with Gasteiger partial charge in [0.1, 0.15) is 0 Å². The largest absolute Gasteiger partial charge is 0.381 e. The van der Waals surface area contributed by atoms with E-state index in [1.165, 1.54) is 0 Å². The van der Waals surface area contributed by atoms with E-state index in [-0.39, 0.29) is 17.4 Å². The molecule has 0 spiro atoms. The zero-order valence-electron chi connectivity index (χ0n) is 15.7. The van der Waals surface area contributed by atoms with E-state index in [1.807, 2.05) is 47.8 Å². The average Bonchev–Trinajstić information content (AvgIpc) is 3.02. The van der Waals surface area contributed by atoms with Crippen molar-refractivity contribution < 1.29 is 14.3 Å². The highest BCUT2D eigenvalue weighted by Gasteiger charge is 2.47. The summed E-state index contributed by atoms with van der Waals surface area (Å²) in [6, 6.07) is 8.11. The Hall–Kier alpha value is -1.85. The number of para-hydroxylation sites is 1. The van der Waals surface area contributed by atoms with Gasteiger partial charge in [-0.05, 0) is 32.3 Å². The van der Waals surface area contributed by atoms with Crippen LogP contribution in [0.4, 0.5) is 0 Å². The molecule has 2 atom stereocenters. The molecule has 0 aliphatic carbocycles. The predicted octanol–water partition coefficient (Wildman–Crippen LogP) is 3.23. The average molecular weight is 356 g/mol. The van der Waals surface area contributed by atoms with Crippen molar-refractivity contribution in [3.05, 3.63) is 36.0 Å². The highest BCUT2D eigenvalue weighted by atomic mass is 16.5. The fraction of sp³-hybridized carbons (Fsp3) is 0.571. The van der Waals surface area contributed by atoms with Crippen LogP contribution in [0.3, 0.4) is 0 Å². The van der Waals surface area contributed by atoms with Crippen LogP contribution in [0.1, 0.15) is 36.5 Å². The van der Waals surface area contributed by atoms with Crippen LogP contribution in [0, 0.1) is 5.41 Å². The standard InChI is InChI=1S/C21H28N2O3/c1-3-25-15-21-10-6-12-26-19(21)9-11-23(14-21)20(24)17-13-22(2)18-8-5-4-7-16(17)18/h4-5,7-8,13,19H,3,6,9-12,14-15H2,1-2H3/t19-,21-/m1/s1. The number of likely N-dealkylation sites (tertiary alicyclic amines) is 1. The van der Waals surface area contributed by atoms with Crippen molar-refractivity contribution in [2.75, 3.05) is 32.9 Å². The summed E-state index contributed by atoms with van der Waals surface area (Å²) in [5.74, 6) is 0.127. The topological polar surface area (TPSA) is 43.7 Å². The molecule has 0 bridgehead atoms. The van der Waals surface area contributed by atoms with E-state index in [2.05, 4.69) is 6.07 Å². The van der Waals surface area contributed by atoms with Crippen molar-refractivity contribution >= 4 is 16.8 Å². The third-order valence-corrected chi connectivity index (χ3v) is 6.00. The van der Waals surface area contributed by atoms with E-state index >= 15 is 0 Å². The molecule has 2 aliphatic heterocycles. The second kappa shape index (κ2) is 7.05. The Morgan fingerprint density at radius 3 is 3.08 bits per heavy atom. The van der Waals surface area contributed by atoms with Gasteiger partial charge in [0.15, 0.2) is 0 Å². The highest BCUT2D eigenvalue weighted by Crippen LogP contribution is 2.41. The Bertz CT molecular complexity index is 800. The van der Waals surface area contributed by atoms with Gasteiger partial charge < -0.3 is 18.9 Å². The number of benzene rings is 1. The quantitative estimate of drug-likeness (QED) is 0.845. The molecule has 0 N–H and O–H groups in total. The van der Waals surface area contributed by atoms with E-state index in [1.54, 1.807) is 0 Å². The zero-order valence-corrected chi connectivity index (χ0v) is 15.7. The number of carbonyl (C=O) groups is 1. The van der Waals surface area contributed by atoms with Crippen molar-refractivity contribution in [3.8, 4) is 0 Å². The van der Waals surface area contributed by atoms with Crippen LogP contribution in [0.2, 0.25) is 0 Å². The first kappa shape index (κ1) is 17.6. The first-order chi connectivity index (χ1) is 12.6. The molecule has 1 aromatic carbocycles. The minimum Gasteiger partial charge on any atom is -0.381 e. The molecule has 2 fully saturated rings. The van der Waals surface area contributed by atoms with Crippen LogP contribution in [-0.2, 0) is 16.5 Å². The summed E-state index contributed by atoms with van der Waals surface area (Å²) >= 11 is 0. The Morgan fingerprint density at radius 1 is 1.38 bits per heavy atom. The van der Waals surface area contributed by atoms with Crippen LogP contribution in [0.5, 0.6) is 0 Å². The van der Waals surface area contributed by atoms with Gasteiger partial charge in [0, 0.05) is 55.9 Å². The van der Waals surface area contributed by atoms with Gasteiger partial charge in [-0.1, -0.05) is 18.2 Å². The number of aromatic nitrogens is 1. The molecule has 4 rings (SSSR count). The SMILES string of the molecule is CCOC[C@]12CCCO[C@@H]1CCN(C(=O)c1cn(C)c3ccccc13)C2. The molecule has 3 heterocycles. The summed E-state index contributed by atoms with van der Waals surface area (Å²) in [5.41, 5.74) is 1.83. The molecule has 1 amide bonds. The predicted molar refractivity (Wildman–Crippen MR) is 101 cm³/mol. The van der Waals surface area contributed by atoms with E-state index in [0.717, 1.165) is 55.4 Å². The molecule has 1 aromatic heterocycles. The minimum absolute atomic E-state index is 0.0627. The second-order valence-electron chi connectivity index (χ2n) is 7.65. The van der Waals surface area contributed by atoms with Gasteiger partial charge in [-0.2, -0.15) is 0 Å². The Labute approximate surface area is 154 Å². The lowest BCUT2D eigenvalue weighted by molar-refractivity contribution is -0.146. The Morgan fingerprint density at radius 2 is 2.23 bits per heavy atom. The molecular weight excluding hydrogens is 328 g/mol. The first-order valence-electron chi connectivity index (χ1n) is 9.67. The molecule has 0 saturated carbocycles. The number of amides is 1. The number of hydrogen-bond acceptors (Lipinski definition) is 3. The van der Waals surface area contributed by atoms with E-state index in [9.17, 15) is 4.79 Å². The molecule has 140 valence electrons. The van der Waals surface area contributed by atoms with Crippen molar-refractivity contribution in [1.82, 2.24) is 9.47 Å². The van der Waals surface area contributed by atoms with Crippen molar-refractivity contribution in [3.63, 3.8) is 0 Å². The van der Waals surface area contributed by atoms with Gasteiger partial charge in [0.25, 0.3) is 5.91 Å². The van der Waals surface area contributed by atoms with Crippen LogP contribution < -0.4 is 0 Å². The zero-order chi connectivity index (χ0) is 18.1. The van der Waals surface area contributed by atoms with E-state index in [4.69, 9.17) is 9.47 Å².